The minimum Gasteiger partial charge on any atom is -0.296 e. The molecule has 1 amide bonds. The van der Waals surface area contributed by atoms with Crippen LogP contribution in [0.2, 0.25) is 0 Å². The highest BCUT2D eigenvalue weighted by Gasteiger charge is 2.17. The minimum absolute atomic E-state index is 0.0517. The van der Waals surface area contributed by atoms with Gasteiger partial charge in [-0.1, -0.05) is 30.2 Å². The quantitative estimate of drug-likeness (QED) is 0.756. The molecular weight excluding hydrogens is 230 g/mol. The van der Waals surface area contributed by atoms with E-state index in [0.29, 0.717) is 4.88 Å². The second-order valence-electron chi connectivity index (χ2n) is 3.41. The van der Waals surface area contributed by atoms with Crippen molar-refractivity contribution in [3.8, 4) is 12.3 Å². The van der Waals surface area contributed by atoms with Gasteiger partial charge in [0.1, 0.15) is 0 Å². The maximum Gasteiger partial charge on any atom is 0.269 e. The van der Waals surface area contributed by atoms with E-state index in [9.17, 15) is 4.79 Å². The van der Waals surface area contributed by atoms with Crippen LogP contribution in [-0.2, 0) is 0 Å². The third-order valence-electron chi connectivity index (χ3n) is 2.29. The number of hydrogen-bond donors (Lipinski definition) is 0. The fraction of sp³-hybridized carbons (Fsp3) is 0.0714. The van der Waals surface area contributed by atoms with Crippen LogP contribution in [0.5, 0.6) is 0 Å². The SMILES string of the molecule is C#CCN(C(=O)c1cccs1)c1ccccc1. The summed E-state index contributed by atoms with van der Waals surface area (Å²) in [7, 11) is 0. The number of carbonyl (C=O) groups excluding carboxylic acids is 1. The van der Waals surface area contributed by atoms with Crippen molar-refractivity contribution in [3.05, 3.63) is 52.7 Å². The van der Waals surface area contributed by atoms with Crippen molar-refractivity contribution in [2.75, 3.05) is 11.4 Å². The van der Waals surface area contributed by atoms with Crippen molar-refractivity contribution in [1.29, 1.82) is 0 Å². The Bertz CT molecular complexity index is 525. The molecule has 0 radical (unpaired) electrons. The minimum atomic E-state index is -0.0517. The Morgan fingerprint density at radius 1 is 1.24 bits per heavy atom. The molecule has 0 atom stereocenters. The Hall–Kier alpha value is -2.05. The lowest BCUT2D eigenvalue weighted by Crippen LogP contribution is -2.30. The first kappa shape index (κ1) is 11.4. The topological polar surface area (TPSA) is 20.3 Å². The van der Waals surface area contributed by atoms with Crippen molar-refractivity contribution in [1.82, 2.24) is 0 Å². The van der Waals surface area contributed by atoms with Crippen molar-refractivity contribution in [2.45, 2.75) is 0 Å². The van der Waals surface area contributed by atoms with E-state index in [0.717, 1.165) is 5.69 Å². The normalized spacial score (nSPS) is 9.59. The van der Waals surface area contributed by atoms with Crippen LogP contribution in [0, 0.1) is 12.3 Å². The third-order valence-corrected chi connectivity index (χ3v) is 3.15. The number of hydrogen-bond acceptors (Lipinski definition) is 2. The van der Waals surface area contributed by atoms with Crippen molar-refractivity contribution < 1.29 is 4.79 Å². The van der Waals surface area contributed by atoms with Gasteiger partial charge < -0.3 is 0 Å². The first-order valence-corrected chi connectivity index (χ1v) is 6.05. The van der Waals surface area contributed by atoms with Gasteiger partial charge in [0.2, 0.25) is 0 Å². The van der Waals surface area contributed by atoms with Crippen molar-refractivity contribution in [2.24, 2.45) is 0 Å². The van der Waals surface area contributed by atoms with Crippen LogP contribution in [0.15, 0.2) is 47.8 Å². The monoisotopic (exact) mass is 241 g/mol. The van der Waals surface area contributed by atoms with E-state index >= 15 is 0 Å². The summed E-state index contributed by atoms with van der Waals surface area (Å²) in [6.45, 7) is 0.279. The highest BCUT2D eigenvalue weighted by atomic mass is 32.1. The highest BCUT2D eigenvalue weighted by Crippen LogP contribution is 2.18. The van der Waals surface area contributed by atoms with Crippen LogP contribution in [0.25, 0.3) is 0 Å². The molecule has 0 saturated carbocycles. The van der Waals surface area contributed by atoms with Gasteiger partial charge in [-0.3, -0.25) is 9.69 Å². The lowest BCUT2D eigenvalue weighted by molar-refractivity contribution is 0.0994. The summed E-state index contributed by atoms with van der Waals surface area (Å²) in [6, 6.07) is 13.1. The summed E-state index contributed by atoms with van der Waals surface area (Å²) in [6.07, 6.45) is 5.32. The molecule has 0 bridgehead atoms. The van der Waals surface area contributed by atoms with E-state index in [4.69, 9.17) is 6.42 Å². The zero-order chi connectivity index (χ0) is 12.1. The lowest BCUT2D eigenvalue weighted by Gasteiger charge is -2.19. The van der Waals surface area contributed by atoms with Gasteiger partial charge in [-0.15, -0.1) is 17.8 Å². The summed E-state index contributed by atoms with van der Waals surface area (Å²) in [5.74, 6) is 2.47. The average molecular weight is 241 g/mol. The van der Waals surface area contributed by atoms with Gasteiger partial charge in [0.05, 0.1) is 11.4 Å². The number of rotatable bonds is 3. The molecule has 0 N–H and O–H groups in total. The number of terminal acetylenes is 1. The van der Waals surface area contributed by atoms with E-state index in [1.165, 1.54) is 11.3 Å². The number of benzene rings is 1. The fourth-order valence-corrected chi connectivity index (χ4v) is 2.18. The summed E-state index contributed by atoms with van der Waals surface area (Å²) < 4.78 is 0. The molecule has 2 rings (SSSR count). The van der Waals surface area contributed by atoms with Gasteiger partial charge in [-0.2, -0.15) is 0 Å². The maximum atomic E-state index is 12.2. The van der Waals surface area contributed by atoms with Crippen LogP contribution in [0.4, 0.5) is 5.69 Å². The van der Waals surface area contributed by atoms with Gasteiger partial charge in [0.15, 0.2) is 0 Å². The zero-order valence-electron chi connectivity index (χ0n) is 9.17. The smallest absolute Gasteiger partial charge is 0.269 e. The third kappa shape index (κ3) is 2.55. The predicted octanol–water partition coefficient (Wildman–Crippen LogP) is 3.03. The number of para-hydroxylation sites is 1. The molecule has 0 aliphatic heterocycles. The van der Waals surface area contributed by atoms with Gasteiger partial charge in [0, 0.05) is 5.69 Å². The first-order valence-electron chi connectivity index (χ1n) is 5.17. The van der Waals surface area contributed by atoms with E-state index in [1.54, 1.807) is 11.0 Å². The number of anilines is 1. The molecule has 0 fully saturated rings. The van der Waals surface area contributed by atoms with E-state index in [-0.39, 0.29) is 12.5 Å². The Kier molecular flexibility index (Phi) is 3.59. The number of nitrogens with zero attached hydrogens (tertiary/aromatic N) is 1. The average Bonchev–Trinajstić information content (AvgIpc) is 2.90. The summed E-state index contributed by atoms with van der Waals surface area (Å²) in [4.78, 5) is 14.5. The standard InChI is InChI=1S/C14H11NOS/c1-2-10-15(12-7-4-3-5-8-12)14(16)13-9-6-11-17-13/h1,3-9,11H,10H2. The summed E-state index contributed by atoms with van der Waals surface area (Å²) >= 11 is 1.42. The number of carbonyl (C=O) groups is 1. The van der Waals surface area contributed by atoms with Gasteiger partial charge >= 0.3 is 0 Å². The van der Waals surface area contributed by atoms with Crippen molar-refractivity contribution >= 4 is 22.9 Å². The number of amides is 1. The predicted molar refractivity (Wildman–Crippen MR) is 71.3 cm³/mol. The van der Waals surface area contributed by atoms with Crippen LogP contribution in [0.1, 0.15) is 9.67 Å². The van der Waals surface area contributed by atoms with Crippen LogP contribution >= 0.6 is 11.3 Å². The molecule has 1 heterocycles. The largest absolute Gasteiger partial charge is 0.296 e. The van der Waals surface area contributed by atoms with Crippen LogP contribution in [0.3, 0.4) is 0 Å². The molecule has 0 unspecified atom stereocenters. The van der Waals surface area contributed by atoms with Gasteiger partial charge in [0.25, 0.3) is 5.91 Å². The Labute approximate surface area is 105 Å². The first-order chi connectivity index (χ1) is 8.33. The zero-order valence-corrected chi connectivity index (χ0v) is 9.98. The van der Waals surface area contributed by atoms with E-state index < -0.39 is 0 Å². The van der Waals surface area contributed by atoms with Gasteiger partial charge in [-0.25, -0.2) is 0 Å². The van der Waals surface area contributed by atoms with E-state index in [2.05, 4.69) is 5.92 Å². The Morgan fingerprint density at radius 2 is 2.00 bits per heavy atom. The molecule has 0 spiro atoms. The Balaban J connectivity index is 2.31. The molecule has 2 nitrogen and oxygen atoms in total. The molecule has 3 heteroatoms. The maximum absolute atomic E-state index is 12.2. The molecule has 0 saturated heterocycles. The molecule has 2 aromatic rings. The second kappa shape index (κ2) is 5.33. The van der Waals surface area contributed by atoms with E-state index in [1.807, 2.05) is 41.8 Å². The second-order valence-corrected chi connectivity index (χ2v) is 4.36. The molecule has 0 aliphatic rings. The lowest BCUT2D eigenvalue weighted by atomic mass is 10.2. The highest BCUT2D eigenvalue weighted by molar-refractivity contribution is 7.12. The Morgan fingerprint density at radius 3 is 2.59 bits per heavy atom. The molecule has 1 aromatic heterocycles. The molecular formula is C14H11NOS. The van der Waals surface area contributed by atoms with Gasteiger partial charge in [-0.05, 0) is 23.6 Å². The van der Waals surface area contributed by atoms with Crippen LogP contribution in [-0.4, -0.2) is 12.5 Å². The molecule has 1 aromatic carbocycles. The van der Waals surface area contributed by atoms with Crippen molar-refractivity contribution in [3.63, 3.8) is 0 Å². The van der Waals surface area contributed by atoms with Crippen LogP contribution < -0.4 is 4.90 Å². The molecule has 84 valence electrons. The molecule has 0 aliphatic carbocycles. The fourth-order valence-electron chi connectivity index (χ4n) is 1.51. The number of thiophene rings is 1. The molecule has 17 heavy (non-hydrogen) atoms. The summed E-state index contributed by atoms with van der Waals surface area (Å²) in [5.41, 5.74) is 0.823. The summed E-state index contributed by atoms with van der Waals surface area (Å²) in [5, 5.41) is 1.88.